The number of ether oxygens (including phenoxy) is 1. The molecule has 4 nitrogen and oxygen atoms in total. The first kappa shape index (κ1) is 18.7. The molecular formula is C21H25NO3S. The zero-order valence-electron chi connectivity index (χ0n) is 15.7. The van der Waals surface area contributed by atoms with Crippen LogP contribution >= 0.6 is 0 Å². The first-order valence-electron chi connectivity index (χ1n) is 8.70. The molecule has 1 atom stereocenters. The van der Waals surface area contributed by atoms with Crippen molar-refractivity contribution in [3.8, 4) is 5.75 Å². The van der Waals surface area contributed by atoms with Crippen LogP contribution in [0.3, 0.4) is 0 Å². The molecule has 1 fully saturated rings. The summed E-state index contributed by atoms with van der Waals surface area (Å²) in [5.41, 5.74) is 4.15. The van der Waals surface area contributed by atoms with E-state index in [9.17, 15) is 8.42 Å². The molecule has 0 amide bonds. The average molecular weight is 372 g/mol. The van der Waals surface area contributed by atoms with E-state index >= 15 is 0 Å². The maximum absolute atomic E-state index is 13.4. The molecule has 3 rings (SSSR count). The van der Waals surface area contributed by atoms with Gasteiger partial charge in [0.05, 0.1) is 18.0 Å². The van der Waals surface area contributed by atoms with E-state index in [1.807, 2.05) is 51.1 Å². The van der Waals surface area contributed by atoms with Gasteiger partial charge in [0.15, 0.2) is 0 Å². The highest BCUT2D eigenvalue weighted by atomic mass is 32.2. The largest absolute Gasteiger partial charge is 0.496 e. The van der Waals surface area contributed by atoms with Gasteiger partial charge in [-0.25, -0.2) is 8.42 Å². The van der Waals surface area contributed by atoms with Crippen molar-refractivity contribution in [3.05, 3.63) is 65.2 Å². The van der Waals surface area contributed by atoms with Crippen molar-refractivity contribution < 1.29 is 13.2 Å². The summed E-state index contributed by atoms with van der Waals surface area (Å²) in [6.07, 6.45) is 0.792. The third kappa shape index (κ3) is 2.95. The number of sulfonamides is 1. The lowest BCUT2D eigenvalue weighted by Gasteiger charge is -2.41. The molecule has 0 N–H and O–H groups in total. The fraction of sp³-hybridized carbons (Fsp3) is 0.333. The Bertz CT molecular complexity index is 949. The van der Waals surface area contributed by atoms with E-state index in [0.29, 0.717) is 22.8 Å². The molecule has 0 aliphatic carbocycles. The summed E-state index contributed by atoms with van der Waals surface area (Å²) in [5, 5.41) is 0. The summed E-state index contributed by atoms with van der Waals surface area (Å²) >= 11 is 0. The third-order valence-electron chi connectivity index (χ3n) is 5.28. The Hall–Kier alpha value is -2.11. The van der Waals surface area contributed by atoms with Gasteiger partial charge in [-0.3, -0.25) is 0 Å². The van der Waals surface area contributed by atoms with Crippen LogP contribution in [0.5, 0.6) is 5.75 Å². The summed E-state index contributed by atoms with van der Waals surface area (Å²) < 4.78 is 33.7. The number of rotatable bonds is 5. The van der Waals surface area contributed by atoms with Crippen molar-refractivity contribution >= 4 is 15.6 Å². The fourth-order valence-corrected chi connectivity index (χ4v) is 5.75. The van der Waals surface area contributed by atoms with Gasteiger partial charge in [0.25, 0.3) is 0 Å². The predicted octanol–water partition coefficient (Wildman–Crippen LogP) is 4.10. The number of hydrogen-bond donors (Lipinski definition) is 0. The van der Waals surface area contributed by atoms with Crippen molar-refractivity contribution in [2.75, 3.05) is 13.7 Å². The van der Waals surface area contributed by atoms with E-state index in [0.717, 1.165) is 28.7 Å². The lowest BCUT2D eigenvalue weighted by atomic mass is 9.93. The summed E-state index contributed by atoms with van der Waals surface area (Å²) in [6, 6.07) is 11.4. The van der Waals surface area contributed by atoms with Crippen LogP contribution < -0.4 is 4.74 Å². The summed E-state index contributed by atoms with van der Waals surface area (Å²) in [7, 11) is -1.99. The number of methoxy groups -OCH3 is 1. The number of hydrogen-bond acceptors (Lipinski definition) is 3. The van der Waals surface area contributed by atoms with Crippen LogP contribution in [0.15, 0.2) is 47.9 Å². The number of nitrogens with zero attached hydrogens (tertiary/aromatic N) is 1. The van der Waals surface area contributed by atoms with Crippen molar-refractivity contribution in [3.63, 3.8) is 0 Å². The highest BCUT2D eigenvalue weighted by molar-refractivity contribution is 7.89. The second-order valence-corrected chi connectivity index (χ2v) is 8.61. The van der Waals surface area contributed by atoms with Gasteiger partial charge in [-0.15, -0.1) is 0 Å². The zero-order valence-corrected chi connectivity index (χ0v) is 16.6. The molecule has 0 radical (unpaired) electrons. The van der Waals surface area contributed by atoms with Crippen LogP contribution in [0.4, 0.5) is 0 Å². The standard InChI is InChI=1S/C21H25NO3S/c1-14-13-20(25-5)15(2)16(3)21(14)26(23,24)22-12-11-19(22)17(4)18-9-7-6-8-10-18/h6-10,13,19H,4,11-12H2,1-3,5H3. The molecule has 1 aliphatic heterocycles. The van der Waals surface area contributed by atoms with E-state index in [-0.39, 0.29) is 6.04 Å². The monoisotopic (exact) mass is 371 g/mol. The first-order chi connectivity index (χ1) is 12.3. The van der Waals surface area contributed by atoms with Crippen LogP contribution in [0.2, 0.25) is 0 Å². The van der Waals surface area contributed by atoms with E-state index in [1.54, 1.807) is 17.5 Å². The second-order valence-electron chi connectivity index (χ2n) is 6.79. The van der Waals surface area contributed by atoms with Crippen molar-refractivity contribution in [2.45, 2.75) is 38.1 Å². The van der Waals surface area contributed by atoms with Crippen LogP contribution in [0.1, 0.15) is 28.7 Å². The molecule has 5 heteroatoms. The smallest absolute Gasteiger partial charge is 0.244 e. The van der Waals surface area contributed by atoms with Crippen LogP contribution in [0.25, 0.3) is 5.57 Å². The van der Waals surface area contributed by atoms with Gasteiger partial charge in [-0.1, -0.05) is 36.9 Å². The molecule has 0 aromatic heterocycles. The Morgan fingerprint density at radius 2 is 1.81 bits per heavy atom. The highest BCUT2D eigenvalue weighted by Crippen LogP contribution is 2.38. The van der Waals surface area contributed by atoms with E-state index in [2.05, 4.69) is 6.58 Å². The maximum atomic E-state index is 13.4. The molecule has 2 aromatic rings. The summed E-state index contributed by atoms with van der Waals surface area (Å²) in [6.45, 7) is 10.2. The minimum absolute atomic E-state index is 0.191. The minimum atomic E-state index is -3.60. The molecule has 0 spiro atoms. The average Bonchev–Trinajstić information content (AvgIpc) is 2.57. The Labute approximate surface area is 156 Å². The van der Waals surface area contributed by atoms with Crippen LogP contribution in [-0.2, 0) is 10.0 Å². The van der Waals surface area contributed by atoms with Gasteiger partial charge in [0.1, 0.15) is 5.75 Å². The Morgan fingerprint density at radius 1 is 1.15 bits per heavy atom. The topological polar surface area (TPSA) is 46.6 Å². The van der Waals surface area contributed by atoms with Crippen molar-refractivity contribution in [1.82, 2.24) is 4.31 Å². The van der Waals surface area contributed by atoms with Crippen molar-refractivity contribution in [2.24, 2.45) is 0 Å². The molecule has 1 heterocycles. The molecule has 1 aliphatic rings. The van der Waals surface area contributed by atoms with Crippen molar-refractivity contribution in [1.29, 1.82) is 0 Å². The predicted molar refractivity (Wildman–Crippen MR) is 105 cm³/mol. The Kier molecular flexibility index (Phi) is 4.95. The molecule has 26 heavy (non-hydrogen) atoms. The number of aryl methyl sites for hydroxylation is 1. The van der Waals surface area contributed by atoms with Crippen LogP contribution in [0, 0.1) is 20.8 Å². The second kappa shape index (κ2) is 6.89. The summed E-state index contributed by atoms with van der Waals surface area (Å²) in [4.78, 5) is 0.390. The maximum Gasteiger partial charge on any atom is 0.244 e. The SMILES string of the molecule is C=C(c1ccccc1)C1CCN1S(=O)(=O)c1c(C)cc(OC)c(C)c1C. The normalized spacial score (nSPS) is 17.6. The number of benzene rings is 2. The molecule has 1 unspecified atom stereocenters. The summed E-state index contributed by atoms with van der Waals surface area (Å²) in [5.74, 6) is 0.716. The van der Waals surface area contributed by atoms with Crippen LogP contribution in [-0.4, -0.2) is 32.4 Å². The van der Waals surface area contributed by atoms with Gasteiger partial charge in [-0.2, -0.15) is 4.31 Å². The van der Waals surface area contributed by atoms with Gasteiger partial charge in [0.2, 0.25) is 10.0 Å². The molecule has 0 bridgehead atoms. The minimum Gasteiger partial charge on any atom is -0.496 e. The molecular weight excluding hydrogens is 346 g/mol. The third-order valence-corrected chi connectivity index (χ3v) is 7.48. The first-order valence-corrected chi connectivity index (χ1v) is 10.1. The quantitative estimate of drug-likeness (QED) is 0.795. The lowest BCUT2D eigenvalue weighted by Crippen LogP contribution is -2.51. The lowest BCUT2D eigenvalue weighted by molar-refractivity contribution is 0.251. The molecule has 0 saturated carbocycles. The van der Waals surface area contributed by atoms with E-state index < -0.39 is 10.0 Å². The van der Waals surface area contributed by atoms with E-state index in [4.69, 9.17) is 4.74 Å². The zero-order chi connectivity index (χ0) is 19.1. The fourth-order valence-electron chi connectivity index (χ4n) is 3.59. The Balaban J connectivity index is 1.99. The molecule has 1 saturated heterocycles. The molecule has 2 aromatic carbocycles. The van der Waals surface area contributed by atoms with Gasteiger partial charge < -0.3 is 4.74 Å². The highest BCUT2D eigenvalue weighted by Gasteiger charge is 2.41. The Morgan fingerprint density at radius 3 is 2.35 bits per heavy atom. The van der Waals surface area contributed by atoms with E-state index in [1.165, 1.54) is 0 Å². The molecule has 138 valence electrons. The van der Waals surface area contributed by atoms with Gasteiger partial charge >= 0.3 is 0 Å². The van der Waals surface area contributed by atoms with Gasteiger partial charge in [0, 0.05) is 6.54 Å². The van der Waals surface area contributed by atoms with Gasteiger partial charge in [-0.05, 0) is 61.1 Å².